The van der Waals surface area contributed by atoms with Crippen LogP contribution in [0.5, 0.6) is 0 Å². The minimum Gasteiger partial charge on any atom is -0.295 e. The van der Waals surface area contributed by atoms with Crippen molar-refractivity contribution in [2.75, 3.05) is 0 Å². The third kappa shape index (κ3) is 2.36. The first-order valence-corrected chi connectivity index (χ1v) is 5.40. The highest BCUT2D eigenvalue weighted by Gasteiger charge is 2.04. The predicted octanol–water partition coefficient (Wildman–Crippen LogP) is 2.19. The number of benzene rings is 1. The summed E-state index contributed by atoms with van der Waals surface area (Å²) in [4.78, 5) is 15.2. The molecule has 0 atom stereocenters. The Morgan fingerprint density at radius 2 is 2.19 bits per heavy atom. The van der Waals surface area contributed by atoms with E-state index in [1.165, 1.54) is 29.2 Å². The van der Waals surface area contributed by atoms with Gasteiger partial charge in [-0.25, -0.2) is 9.37 Å². The van der Waals surface area contributed by atoms with E-state index in [1.54, 1.807) is 12.1 Å². The van der Waals surface area contributed by atoms with E-state index < -0.39 is 0 Å². The number of halogens is 2. The van der Waals surface area contributed by atoms with Crippen molar-refractivity contribution in [3.05, 3.63) is 63.0 Å². The largest absolute Gasteiger partial charge is 0.295 e. The maximum absolute atomic E-state index is 13.4. The highest BCUT2D eigenvalue weighted by Crippen LogP contribution is 2.15. The van der Waals surface area contributed by atoms with Crippen molar-refractivity contribution in [3.8, 4) is 0 Å². The number of rotatable bonds is 2. The fourth-order valence-corrected chi connectivity index (χ4v) is 1.75. The molecule has 2 rings (SSSR count). The summed E-state index contributed by atoms with van der Waals surface area (Å²) >= 11 is 3.26. The molecule has 5 heteroatoms. The van der Waals surface area contributed by atoms with Crippen LogP contribution >= 0.6 is 15.9 Å². The van der Waals surface area contributed by atoms with Crippen LogP contribution in [0.2, 0.25) is 0 Å². The Morgan fingerprint density at radius 3 is 2.94 bits per heavy atom. The van der Waals surface area contributed by atoms with E-state index in [-0.39, 0.29) is 17.9 Å². The Morgan fingerprint density at radius 1 is 1.38 bits per heavy atom. The van der Waals surface area contributed by atoms with Crippen LogP contribution in [0.4, 0.5) is 4.39 Å². The lowest BCUT2D eigenvalue weighted by Crippen LogP contribution is -2.19. The lowest BCUT2D eigenvalue weighted by Gasteiger charge is -2.06. The van der Waals surface area contributed by atoms with Crippen molar-refractivity contribution in [1.29, 1.82) is 0 Å². The Labute approximate surface area is 99.7 Å². The molecular formula is C11H8BrFN2O. The van der Waals surface area contributed by atoms with E-state index in [9.17, 15) is 9.18 Å². The minimum atomic E-state index is -0.334. The summed E-state index contributed by atoms with van der Waals surface area (Å²) in [6.07, 6.45) is 2.80. The van der Waals surface area contributed by atoms with Crippen molar-refractivity contribution >= 4 is 15.9 Å². The minimum absolute atomic E-state index is 0.179. The Hall–Kier alpha value is -1.49. The van der Waals surface area contributed by atoms with E-state index in [1.807, 2.05) is 0 Å². The fraction of sp³-hybridized carbons (Fsp3) is 0.0909. The van der Waals surface area contributed by atoms with Gasteiger partial charge in [-0.05, 0) is 18.2 Å². The van der Waals surface area contributed by atoms with Crippen LogP contribution in [0.1, 0.15) is 5.56 Å². The molecule has 3 nitrogen and oxygen atoms in total. The van der Waals surface area contributed by atoms with Crippen molar-refractivity contribution < 1.29 is 4.39 Å². The van der Waals surface area contributed by atoms with Gasteiger partial charge in [0.2, 0.25) is 0 Å². The number of hydrogen-bond donors (Lipinski definition) is 0. The topological polar surface area (TPSA) is 34.9 Å². The Balaban J connectivity index is 2.38. The molecule has 0 amide bonds. The summed E-state index contributed by atoms with van der Waals surface area (Å²) in [6.45, 7) is 0.179. The highest BCUT2D eigenvalue weighted by atomic mass is 79.9. The average molecular weight is 283 g/mol. The second kappa shape index (κ2) is 4.57. The van der Waals surface area contributed by atoms with Gasteiger partial charge in [-0.3, -0.25) is 9.36 Å². The van der Waals surface area contributed by atoms with Gasteiger partial charge >= 0.3 is 0 Å². The van der Waals surface area contributed by atoms with Crippen molar-refractivity contribution in [2.45, 2.75) is 6.54 Å². The molecular weight excluding hydrogens is 275 g/mol. The molecule has 0 bridgehead atoms. The van der Waals surface area contributed by atoms with Gasteiger partial charge in [0, 0.05) is 22.3 Å². The fourth-order valence-electron chi connectivity index (χ4n) is 1.35. The molecule has 2 aromatic rings. The van der Waals surface area contributed by atoms with Gasteiger partial charge in [-0.1, -0.05) is 15.9 Å². The molecule has 0 saturated carbocycles. The summed E-state index contributed by atoms with van der Waals surface area (Å²) in [7, 11) is 0. The van der Waals surface area contributed by atoms with Crippen LogP contribution in [-0.4, -0.2) is 9.55 Å². The molecule has 0 aliphatic heterocycles. The second-order valence-corrected chi connectivity index (χ2v) is 4.20. The highest BCUT2D eigenvalue weighted by molar-refractivity contribution is 9.10. The van der Waals surface area contributed by atoms with E-state index in [2.05, 4.69) is 20.9 Å². The predicted molar refractivity (Wildman–Crippen MR) is 61.7 cm³/mol. The van der Waals surface area contributed by atoms with Gasteiger partial charge in [-0.15, -0.1) is 0 Å². The van der Waals surface area contributed by atoms with Gasteiger partial charge in [0.15, 0.2) is 0 Å². The van der Waals surface area contributed by atoms with Crippen LogP contribution in [0, 0.1) is 5.82 Å². The molecule has 0 N–H and O–H groups in total. The Kier molecular flexibility index (Phi) is 3.14. The quantitative estimate of drug-likeness (QED) is 0.846. The van der Waals surface area contributed by atoms with E-state index in [4.69, 9.17) is 0 Å². The average Bonchev–Trinajstić information content (AvgIpc) is 2.27. The van der Waals surface area contributed by atoms with Crippen LogP contribution in [0.3, 0.4) is 0 Å². The van der Waals surface area contributed by atoms with E-state index in [0.717, 1.165) is 4.47 Å². The normalized spacial score (nSPS) is 10.4. The zero-order valence-corrected chi connectivity index (χ0v) is 9.82. The first kappa shape index (κ1) is 11.0. The summed E-state index contributed by atoms with van der Waals surface area (Å²) in [5.74, 6) is -0.334. The van der Waals surface area contributed by atoms with Gasteiger partial charge in [0.25, 0.3) is 5.56 Å². The van der Waals surface area contributed by atoms with Crippen molar-refractivity contribution in [1.82, 2.24) is 9.55 Å². The van der Waals surface area contributed by atoms with Crippen LogP contribution < -0.4 is 5.56 Å². The molecule has 1 heterocycles. The standard InChI is InChI=1S/C11H8BrFN2O/c12-9-1-2-10(13)8(5-9)6-15-7-14-4-3-11(15)16/h1-5,7H,6H2. The number of nitrogens with zero attached hydrogens (tertiary/aromatic N) is 2. The van der Waals surface area contributed by atoms with Crippen LogP contribution in [-0.2, 0) is 6.54 Å². The first-order valence-electron chi connectivity index (χ1n) is 4.61. The van der Waals surface area contributed by atoms with Crippen molar-refractivity contribution in [2.24, 2.45) is 0 Å². The molecule has 0 spiro atoms. The van der Waals surface area contributed by atoms with Crippen LogP contribution in [0.25, 0.3) is 0 Å². The number of aromatic nitrogens is 2. The monoisotopic (exact) mass is 282 g/mol. The molecule has 82 valence electrons. The first-order chi connectivity index (χ1) is 7.66. The SMILES string of the molecule is O=c1ccncn1Cc1cc(Br)ccc1F. The summed E-state index contributed by atoms with van der Waals surface area (Å²) in [6, 6.07) is 5.97. The lowest BCUT2D eigenvalue weighted by atomic mass is 10.2. The van der Waals surface area contributed by atoms with Gasteiger partial charge in [0.05, 0.1) is 12.9 Å². The third-order valence-electron chi connectivity index (χ3n) is 2.14. The molecule has 0 aliphatic rings. The molecule has 1 aromatic carbocycles. The van der Waals surface area contributed by atoms with Crippen LogP contribution in [0.15, 0.2) is 46.1 Å². The second-order valence-electron chi connectivity index (χ2n) is 3.28. The molecule has 0 fully saturated rings. The van der Waals surface area contributed by atoms with Crippen molar-refractivity contribution in [3.63, 3.8) is 0 Å². The number of hydrogen-bond acceptors (Lipinski definition) is 2. The maximum atomic E-state index is 13.4. The summed E-state index contributed by atoms with van der Waals surface area (Å²) < 4.78 is 15.6. The summed E-state index contributed by atoms with van der Waals surface area (Å²) in [5, 5.41) is 0. The zero-order chi connectivity index (χ0) is 11.5. The molecule has 1 aromatic heterocycles. The summed E-state index contributed by atoms with van der Waals surface area (Å²) in [5.41, 5.74) is 0.249. The molecule has 0 saturated heterocycles. The maximum Gasteiger partial charge on any atom is 0.253 e. The Bertz CT molecular complexity index is 568. The van der Waals surface area contributed by atoms with Gasteiger partial charge in [0.1, 0.15) is 5.82 Å². The van der Waals surface area contributed by atoms with E-state index in [0.29, 0.717) is 5.56 Å². The molecule has 0 radical (unpaired) electrons. The van der Waals surface area contributed by atoms with E-state index >= 15 is 0 Å². The molecule has 0 aliphatic carbocycles. The molecule has 16 heavy (non-hydrogen) atoms. The molecule has 0 unspecified atom stereocenters. The van der Waals surface area contributed by atoms with Gasteiger partial charge < -0.3 is 0 Å². The van der Waals surface area contributed by atoms with Gasteiger partial charge in [-0.2, -0.15) is 0 Å². The third-order valence-corrected chi connectivity index (χ3v) is 2.63. The lowest BCUT2D eigenvalue weighted by molar-refractivity contribution is 0.593. The smallest absolute Gasteiger partial charge is 0.253 e. The zero-order valence-electron chi connectivity index (χ0n) is 8.23.